The fraction of sp³-hybridized carbons (Fsp3) is 0. The smallest absolute Gasteiger partial charge is 0.258 e. The SMILES string of the molecule is O=C(Nc1ccccc1NC(=O)c1cnn(-c2ccccc2F)c1)c1ccccc1. The van der Waals surface area contributed by atoms with Gasteiger partial charge in [0.05, 0.1) is 23.1 Å². The fourth-order valence-corrected chi connectivity index (χ4v) is 2.89. The van der Waals surface area contributed by atoms with Gasteiger partial charge in [0.2, 0.25) is 0 Å². The Hall–Kier alpha value is -4.26. The van der Waals surface area contributed by atoms with E-state index in [1.54, 1.807) is 66.7 Å². The Balaban J connectivity index is 1.52. The average Bonchev–Trinajstić information content (AvgIpc) is 3.26. The van der Waals surface area contributed by atoms with Gasteiger partial charge in [0, 0.05) is 11.8 Å². The van der Waals surface area contributed by atoms with Gasteiger partial charge in [-0.3, -0.25) is 9.59 Å². The predicted octanol–water partition coefficient (Wildman–Crippen LogP) is 4.52. The maximum absolute atomic E-state index is 13.9. The van der Waals surface area contributed by atoms with Gasteiger partial charge >= 0.3 is 0 Å². The lowest BCUT2D eigenvalue weighted by Crippen LogP contribution is -2.16. The quantitative estimate of drug-likeness (QED) is 0.517. The van der Waals surface area contributed by atoms with Crippen LogP contribution in [0.15, 0.2) is 91.3 Å². The van der Waals surface area contributed by atoms with Crippen LogP contribution in [0.4, 0.5) is 15.8 Å². The van der Waals surface area contributed by atoms with Crippen molar-refractivity contribution < 1.29 is 14.0 Å². The van der Waals surface area contributed by atoms with Gasteiger partial charge < -0.3 is 10.6 Å². The van der Waals surface area contributed by atoms with Crippen molar-refractivity contribution in [2.75, 3.05) is 10.6 Å². The Morgan fingerprint density at radius 1 is 0.733 bits per heavy atom. The summed E-state index contributed by atoms with van der Waals surface area (Å²) in [7, 11) is 0. The number of halogens is 1. The molecule has 0 atom stereocenters. The molecule has 4 aromatic rings. The normalized spacial score (nSPS) is 10.4. The monoisotopic (exact) mass is 400 g/mol. The number of nitrogens with zero attached hydrogens (tertiary/aromatic N) is 2. The Bertz CT molecular complexity index is 1200. The standard InChI is InChI=1S/C23H17FN4O2/c24-18-10-4-7-13-21(18)28-15-17(14-25-28)23(30)27-20-12-6-5-11-19(20)26-22(29)16-8-2-1-3-9-16/h1-15H,(H,26,29)(H,27,30). The van der Waals surface area contributed by atoms with Crippen LogP contribution < -0.4 is 10.6 Å². The highest BCUT2D eigenvalue weighted by Crippen LogP contribution is 2.23. The number of rotatable bonds is 5. The van der Waals surface area contributed by atoms with Gasteiger partial charge in [0.1, 0.15) is 11.5 Å². The highest BCUT2D eigenvalue weighted by atomic mass is 19.1. The van der Waals surface area contributed by atoms with Crippen LogP contribution in [0.1, 0.15) is 20.7 Å². The molecule has 0 aliphatic carbocycles. The molecule has 2 N–H and O–H groups in total. The minimum Gasteiger partial charge on any atom is -0.320 e. The van der Waals surface area contributed by atoms with Crippen molar-refractivity contribution in [3.63, 3.8) is 0 Å². The molecule has 7 heteroatoms. The van der Waals surface area contributed by atoms with Gasteiger partial charge in [-0.05, 0) is 36.4 Å². The third-order valence-corrected chi connectivity index (χ3v) is 4.40. The lowest BCUT2D eigenvalue weighted by Gasteiger charge is -2.12. The number of hydrogen-bond acceptors (Lipinski definition) is 3. The van der Waals surface area contributed by atoms with E-state index >= 15 is 0 Å². The summed E-state index contributed by atoms with van der Waals surface area (Å²) in [6, 6.07) is 21.8. The van der Waals surface area contributed by atoms with Crippen LogP contribution in [-0.2, 0) is 0 Å². The van der Waals surface area contributed by atoms with Crippen molar-refractivity contribution in [3.05, 3.63) is 108 Å². The zero-order valence-corrected chi connectivity index (χ0v) is 15.7. The van der Waals surface area contributed by atoms with E-state index in [1.165, 1.54) is 23.1 Å². The summed E-state index contributed by atoms with van der Waals surface area (Å²) in [4.78, 5) is 25.1. The first kappa shape index (κ1) is 19.1. The molecule has 0 spiro atoms. The summed E-state index contributed by atoms with van der Waals surface area (Å²) < 4.78 is 15.2. The molecule has 3 aromatic carbocycles. The van der Waals surface area contributed by atoms with Crippen LogP contribution in [-0.4, -0.2) is 21.6 Å². The Morgan fingerprint density at radius 3 is 1.97 bits per heavy atom. The van der Waals surface area contributed by atoms with E-state index < -0.39 is 11.7 Å². The van der Waals surface area contributed by atoms with E-state index in [0.717, 1.165) is 0 Å². The van der Waals surface area contributed by atoms with Crippen LogP contribution in [0.5, 0.6) is 0 Å². The topological polar surface area (TPSA) is 76.0 Å². The van der Waals surface area contributed by atoms with Gasteiger partial charge in [0.15, 0.2) is 0 Å². The molecule has 0 aliphatic heterocycles. The summed E-state index contributed by atoms with van der Waals surface area (Å²) in [6.07, 6.45) is 2.80. The number of nitrogens with one attached hydrogen (secondary N) is 2. The molecule has 1 heterocycles. The first-order chi connectivity index (χ1) is 14.6. The van der Waals surface area contributed by atoms with Crippen LogP contribution in [0.25, 0.3) is 5.69 Å². The second-order valence-electron chi connectivity index (χ2n) is 6.44. The third kappa shape index (κ3) is 4.10. The van der Waals surface area contributed by atoms with Crippen LogP contribution in [0, 0.1) is 5.82 Å². The van der Waals surface area contributed by atoms with Crippen LogP contribution in [0.2, 0.25) is 0 Å². The molecule has 0 saturated heterocycles. The molecule has 30 heavy (non-hydrogen) atoms. The van der Waals surface area contributed by atoms with Gasteiger partial charge in [0.25, 0.3) is 11.8 Å². The molecule has 0 unspecified atom stereocenters. The predicted molar refractivity (Wildman–Crippen MR) is 112 cm³/mol. The Labute approximate surface area is 172 Å². The molecule has 0 radical (unpaired) electrons. The number of carbonyl (C=O) groups excluding carboxylic acids is 2. The molecular weight excluding hydrogens is 383 g/mol. The number of carbonyl (C=O) groups is 2. The molecule has 0 bridgehead atoms. The molecule has 2 amide bonds. The lowest BCUT2D eigenvalue weighted by molar-refractivity contribution is 0.101. The van der Waals surface area contributed by atoms with Crippen LogP contribution in [0.3, 0.4) is 0 Å². The summed E-state index contributed by atoms with van der Waals surface area (Å²) in [6.45, 7) is 0. The molecule has 4 rings (SSSR count). The van der Waals surface area contributed by atoms with E-state index in [4.69, 9.17) is 0 Å². The highest BCUT2D eigenvalue weighted by Gasteiger charge is 2.14. The molecule has 6 nitrogen and oxygen atoms in total. The van der Waals surface area contributed by atoms with Crippen molar-refractivity contribution in [3.8, 4) is 5.69 Å². The number of amides is 2. The first-order valence-electron chi connectivity index (χ1n) is 9.18. The summed E-state index contributed by atoms with van der Waals surface area (Å²) in [5, 5.41) is 9.63. The second-order valence-corrected chi connectivity index (χ2v) is 6.44. The third-order valence-electron chi connectivity index (χ3n) is 4.40. The summed E-state index contributed by atoms with van der Waals surface area (Å²) in [5.41, 5.74) is 1.89. The van der Waals surface area contributed by atoms with Crippen LogP contribution >= 0.6 is 0 Å². The minimum absolute atomic E-state index is 0.243. The number of hydrogen-bond donors (Lipinski definition) is 2. The fourth-order valence-electron chi connectivity index (χ4n) is 2.89. The van der Waals surface area contributed by atoms with Gasteiger partial charge in [-0.1, -0.05) is 42.5 Å². The molecular formula is C23H17FN4O2. The minimum atomic E-state index is -0.443. The molecule has 0 fully saturated rings. The van der Waals surface area contributed by atoms with E-state index in [-0.39, 0.29) is 17.2 Å². The number of benzene rings is 3. The second kappa shape index (κ2) is 8.40. The van der Waals surface area contributed by atoms with Crippen molar-refractivity contribution in [1.82, 2.24) is 9.78 Å². The Morgan fingerprint density at radius 2 is 1.30 bits per heavy atom. The van der Waals surface area contributed by atoms with Gasteiger partial charge in [-0.15, -0.1) is 0 Å². The summed E-state index contributed by atoms with van der Waals surface area (Å²) >= 11 is 0. The number of para-hydroxylation sites is 3. The van der Waals surface area contributed by atoms with E-state index in [2.05, 4.69) is 15.7 Å². The largest absolute Gasteiger partial charge is 0.320 e. The van der Waals surface area contributed by atoms with Crippen molar-refractivity contribution in [2.45, 2.75) is 0 Å². The number of anilines is 2. The average molecular weight is 400 g/mol. The molecule has 0 aliphatic rings. The zero-order valence-electron chi connectivity index (χ0n) is 15.7. The highest BCUT2D eigenvalue weighted by molar-refractivity contribution is 6.09. The first-order valence-corrected chi connectivity index (χ1v) is 9.18. The van der Waals surface area contributed by atoms with E-state index in [9.17, 15) is 14.0 Å². The van der Waals surface area contributed by atoms with Gasteiger partial charge in [-0.2, -0.15) is 5.10 Å². The van der Waals surface area contributed by atoms with E-state index in [1.807, 2.05) is 6.07 Å². The zero-order chi connectivity index (χ0) is 20.9. The van der Waals surface area contributed by atoms with Crippen molar-refractivity contribution in [1.29, 1.82) is 0 Å². The summed E-state index contributed by atoms with van der Waals surface area (Å²) in [5.74, 6) is -1.16. The maximum Gasteiger partial charge on any atom is 0.258 e. The maximum atomic E-state index is 13.9. The molecule has 0 saturated carbocycles. The van der Waals surface area contributed by atoms with Gasteiger partial charge in [-0.25, -0.2) is 9.07 Å². The lowest BCUT2D eigenvalue weighted by atomic mass is 10.2. The van der Waals surface area contributed by atoms with Crippen molar-refractivity contribution >= 4 is 23.2 Å². The molecule has 148 valence electrons. The Kier molecular flexibility index (Phi) is 5.34. The molecule has 1 aromatic heterocycles. The van der Waals surface area contributed by atoms with Crippen molar-refractivity contribution in [2.24, 2.45) is 0 Å². The number of aromatic nitrogens is 2. The van der Waals surface area contributed by atoms with E-state index in [0.29, 0.717) is 16.9 Å².